The van der Waals surface area contributed by atoms with Gasteiger partial charge in [0.1, 0.15) is 5.82 Å². The summed E-state index contributed by atoms with van der Waals surface area (Å²) in [7, 11) is 1.91. The summed E-state index contributed by atoms with van der Waals surface area (Å²) < 4.78 is 13.9. The zero-order valence-corrected chi connectivity index (χ0v) is 13.5. The predicted molar refractivity (Wildman–Crippen MR) is 87.6 cm³/mol. The Labute approximate surface area is 131 Å². The molecule has 1 nitrogen and oxygen atoms in total. The minimum absolute atomic E-state index is 0.152. The molecule has 0 bridgehead atoms. The van der Waals surface area contributed by atoms with Crippen LogP contribution in [0.2, 0.25) is 5.02 Å². The molecule has 0 saturated heterocycles. The Balaban J connectivity index is 2.21. The molecule has 1 unspecified atom stereocenters. The quantitative estimate of drug-likeness (QED) is 0.859. The molecule has 2 aromatic rings. The Morgan fingerprint density at radius 3 is 2.14 bits per heavy atom. The first-order chi connectivity index (χ1) is 10.0. The summed E-state index contributed by atoms with van der Waals surface area (Å²) in [5.41, 5.74) is 4.46. The Kier molecular flexibility index (Phi) is 5.38. The van der Waals surface area contributed by atoms with Gasteiger partial charge in [0.15, 0.2) is 0 Å². The first-order valence-corrected chi connectivity index (χ1v) is 7.56. The lowest BCUT2D eigenvalue weighted by Gasteiger charge is -2.20. The third-order valence-corrected chi connectivity index (χ3v) is 4.37. The second-order valence-corrected chi connectivity index (χ2v) is 5.87. The molecule has 112 valence electrons. The molecule has 0 aliphatic rings. The van der Waals surface area contributed by atoms with Gasteiger partial charge in [0.05, 0.1) is 0 Å². The fourth-order valence-electron chi connectivity index (χ4n) is 2.67. The zero-order chi connectivity index (χ0) is 15.4. The van der Waals surface area contributed by atoms with Crippen LogP contribution in [0.25, 0.3) is 0 Å². The highest BCUT2D eigenvalue weighted by Crippen LogP contribution is 2.23. The average Bonchev–Trinajstić information content (AvgIpc) is 2.45. The van der Waals surface area contributed by atoms with Gasteiger partial charge in [0, 0.05) is 16.6 Å². The second-order valence-electron chi connectivity index (χ2n) is 5.46. The van der Waals surface area contributed by atoms with E-state index in [-0.39, 0.29) is 11.9 Å². The Bertz CT molecular complexity index is 531. The summed E-state index contributed by atoms with van der Waals surface area (Å²) in [6, 6.07) is 11.3. The highest BCUT2D eigenvalue weighted by molar-refractivity contribution is 6.31. The van der Waals surface area contributed by atoms with E-state index in [1.807, 2.05) is 7.05 Å². The first-order valence-electron chi connectivity index (χ1n) is 7.18. The molecule has 2 aromatic carbocycles. The van der Waals surface area contributed by atoms with Crippen molar-refractivity contribution in [3.05, 3.63) is 69.5 Å². The summed E-state index contributed by atoms with van der Waals surface area (Å²) in [6.07, 6.45) is 1.44. The molecule has 1 N–H and O–H groups in total. The van der Waals surface area contributed by atoms with E-state index < -0.39 is 0 Å². The molecule has 0 amide bonds. The van der Waals surface area contributed by atoms with Crippen LogP contribution in [-0.4, -0.2) is 13.1 Å². The minimum Gasteiger partial charge on any atom is -0.316 e. The van der Waals surface area contributed by atoms with Crippen LogP contribution >= 0.6 is 11.6 Å². The number of hydrogen-bond acceptors (Lipinski definition) is 1. The number of halogens is 2. The maximum absolute atomic E-state index is 13.9. The maximum Gasteiger partial charge on any atom is 0.127 e. The van der Waals surface area contributed by atoms with Gasteiger partial charge in [0.2, 0.25) is 0 Å². The molecule has 3 heteroatoms. The number of rotatable bonds is 5. The molecule has 0 saturated carbocycles. The average molecular weight is 306 g/mol. The van der Waals surface area contributed by atoms with Gasteiger partial charge in [-0.3, -0.25) is 0 Å². The number of benzene rings is 2. The molecule has 0 fully saturated rings. The van der Waals surface area contributed by atoms with Crippen molar-refractivity contribution in [1.29, 1.82) is 0 Å². The second kappa shape index (κ2) is 7.06. The number of likely N-dealkylation sites (N-methyl/N-ethyl adjacent to an activating group) is 1. The van der Waals surface area contributed by atoms with Crippen LogP contribution in [0.4, 0.5) is 4.39 Å². The van der Waals surface area contributed by atoms with Crippen molar-refractivity contribution >= 4 is 11.6 Å². The third kappa shape index (κ3) is 3.84. The van der Waals surface area contributed by atoms with E-state index in [4.69, 9.17) is 11.6 Å². The maximum atomic E-state index is 13.9. The molecule has 0 aliphatic carbocycles. The smallest absolute Gasteiger partial charge is 0.127 e. The highest BCUT2D eigenvalue weighted by atomic mass is 35.5. The SMILES string of the molecule is CNC(Cc1c(C)cccc1C)Cc1c(F)cccc1Cl. The fourth-order valence-corrected chi connectivity index (χ4v) is 2.91. The largest absolute Gasteiger partial charge is 0.316 e. The van der Waals surface area contributed by atoms with Crippen LogP contribution < -0.4 is 5.32 Å². The van der Waals surface area contributed by atoms with Crippen LogP contribution in [0.3, 0.4) is 0 Å². The Hall–Kier alpha value is -1.38. The molecule has 0 spiro atoms. The third-order valence-electron chi connectivity index (χ3n) is 4.02. The number of aryl methyl sites for hydroxylation is 2. The van der Waals surface area contributed by atoms with E-state index in [0.29, 0.717) is 17.0 Å². The molecule has 0 radical (unpaired) electrons. The molecule has 2 rings (SSSR count). The van der Waals surface area contributed by atoms with Crippen molar-refractivity contribution in [2.24, 2.45) is 0 Å². The Morgan fingerprint density at radius 2 is 1.57 bits per heavy atom. The first kappa shape index (κ1) is 16.0. The van der Waals surface area contributed by atoms with Gasteiger partial charge in [-0.25, -0.2) is 4.39 Å². The lowest BCUT2D eigenvalue weighted by atomic mass is 9.93. The standard InChI is InChI=1S/C18H21ClFN/c1-12-6-4-7-13(2)15(12)10-14(21-3)11-16-17(19)8-5-9-18(16)20/h4-9,14,21H,10-11H2,1-3H3. The summed E-state index contributed by atoms with van der Waals surface area (Å²) in [5, 5.41) is 3.78. The van der Waals surface area contributed by atoms with Crippen LogP contribution in [0.1, 0.15) is 22.3 Å². The fraction of sp³-hybridized carbons (Fsp3) is 0.333. The van der Waals surface area contributed by atoms with Crippen LogP contribution in [0.5, 0.6) is 0 Å². The van der Waals surface area contributed by atoms with E-state index in [2.05, 4.69) is 37.4 Å². The van der Waals surface area contributed by atoms with Crippen LogP contribution in [0.15, 0.2) is 36.4 Å². The van der Waals surface area contributed by atoms with E-state index in [1.165, 1.54) is 22.8 Å². The van der Waals surface area contributed by atoms with E-state index in [0.717, 1.165) is 6.42 Å². The Morgan fingerprint density at radius 1 is 1.00 bits per heavy atom. The number of nitrogens with one attached hydrogen (secondary N) is 1. The van der Waals surface area contributed by atoms with Crippen molar-refractivity contribution in [2.75, 3.05) is 7.05 Å². The predicted octanol–water partition coefficient (Wildman–Crippen LogP) is 4.47. The summed E-state index contributed by atoms with van der Waals surface area (Å²) in [5.74, 6) is -0.232. The lowest BCUT2D eigenvalue weighted by Crippen LogP contribution is -2.31. The highest BCUT2D eigenvalue weighted by Gasteiger charge is 2.16. The molecule has 21 heavy (non-hydrogen) atoms. The minimum atomic E-state index is -0.232. The van der Waals surface area contributed by atoms with Crippen molar-refractivity contribution in [1.82, 2.24) is 5.32 Å². The van der Waals surface area contributed by atoms with E-state index in [9.17, 15) is 4.39 Å². The van der Waals surface area contributed by atoms with Crippen molar-refractivity contribution in [2.45, 2.75) is 32.7 Å². The molecule has 1 atom stereocenters. The van der Waals surface area contributed by atoms with Gasteiger partial charge < -0.3 is 5.32 Å². The van der Waals surface area contributed by atoms with Crippen LogP contribution in [-0.2, 0) is 12.8 Å². The summed E-state index contributed by atoms with van der Waals surface area (Å²) in [6.45, 7) is 4.23. The van der Waals surface area contributed by atoms with Gasteiger partial charge in [-0.2, -0.15) is 0 Å². The van der Waals surface area contributed by atoms with Gasteiger partial charge in [-0.1, -0.05) is 35.9 Å². The molecular weight excluding hydrogens is 285 g/mol. The van der Waals surface area contributed by atoms with Gasteiger partial charge >= 0.3 is 0 Å². The summed E-state index contributed by atoms with van der Waals surface area (Å²) >= 11 is 6.13. The molecule has 0 aromatic heterocycles. The van der Waals surface area contributed by atoms with Gasteiger partial charge in [0.25, 0.3) is 0 Å². The van der Waals surface area contributed by atoms with Gasteiger partial charge in [-0.05, 0) is 62.6 Å². The van der Waals surface area contributed by atoms with E-state index in [1.54, 1.807) is 12.1 Å². The zero-order valence-electron chi connectivity index (χ0n) is 12.7. The lowest BCUT2D eigenvalue weighted by molar-refractivity contribution is 0.531. The molecule has 0 heterocycles. The monoisotopic (exact) mass is 305 g/mol. The van der Waals surface area contributed by atoms with E-state index >= 15 is 0 Å². The van der Waals surface area contributed by atoms with Crippen molar-refractivity contribution in [3.8, 4) is 0 Å². The number of hydrogen-bond donors (Lipinski definition) is 1. The van der Waals surface area contributed by atoms with Crippen molar-refractivity contribution < 1.29 is 4.39 Å². The summed E-state index contributed by atoms with van der Waals surface area (Å²) in [4.78, 5) is 0. The van der Waals surface area contributed by atoms with Crippen LogP contribution in [0, 0.1) is 19.7 Å². The molecular formula is C18H21ClFN. The van der Waals surface area contributed by atoms with Crippen molar-refractivity contribution in [3.63, 3.8) is 0 Å². The topological polar surface area (TPSA) is 12.0 Å². The van der Waals surface area contributed by atoms with Gasteiger partial charge in [-0.15, -0.1) is 0 Å². The molecule has 0 aliphatic heterocycles. The normalized spacial score (nSPS) is 12.4.